The van der Waals surface area contributed by atoms with Gasteiger partial charge < -0.3 is 24.8 Å². The summed E-state index contributed by atoms with van der Waals surface area (Å²) >= 11 is 0. The van der Waals surface area contributed by atoms with E-state index in [1.807, 2.05) is 18.2 Å². The average molecular weight is 346 g/mol. The van der Waals surface area contributed by atoms with Crippen molar-refractivity contribution in [2.24, 2.45) is 5.92 Å². The van der Waals surface area contributed by atoms with Crippen molar-refractivity contribution in [3.63, 3.8) is 0 Å². The summed E-state index contributed by atoms with van der Waals surface area (Å²) in [5, 5.41) is 23.4. The molecule has 0 aliphatic carbocycles. The lowest BCUT2D eigenvalue weighted by Crippen LogP contribution is -2.58. The van der Waals surface area contributed by atoms with Crippen LogP contribution in [0.15, 0.2) is 18.2 Å². The molecule has 0 saturated carbocycles. The Hall–Kier alpha value is -1.28. The SMILES string of the molecule is OB1CCc2ccc(OC3CN(C(O)CC4CCCNC4)C3)cc2O1. The van der Waals surface area contributed by atoms with Crippen molar-refractivity contribution in [1.82, 2.24) is 10.2 Å². The summed E-state index contributed by atoms with van der Waals surface area (Å²) in [5.41, 5.74) is 1.12. The smallest absolute Gasteiger partial charge is 0.522 e. The Kier molecular flexibility index (Phi) is 5.17. The van der Waals surface area contributed by atoms with Crippen LogP contribution in [0.25, 0.3) is 0 Å². The largest absolute Gasteiger partial charge is 0.536 e. The molecule has 2 saturated heterocycles. The zero-order valence-corrected chi connectivity index (χ0v) is 14.6. The molecule has 0 spiro atoms. The molecule has 0 bridgehead atoms. The minimum Gasteiger partial charge on any atom is -0.536 e. The Morgan fingerprint density at radius 1 is 1.40 bits per heavy atom. The quantitative estimate of drug-likeness (QED) is 0.688. The number of likely N-dealkylation sites (tertiary alicyclic amines) is 1. The molecule has 0 amide bonds. The number of fused-ring (bicyclic) bond motifs is 1. The molecule has 1 aromatic rings. The third-order valence-electron chi connectivity index (χ3n) is 5.51. The Morgan fingerprint density at radius 3 is 3.08 bits per heavy atom. The van der Waals surface area contributed by atoms with Crippen molar-refractivity contribution in [1.29, 1.82) is 0 Å². The van der Waals surface area contributed by atoms with Gasteiger partial charge >= 0.3 is 7.12 Å². The zero-order valence-electron chi connectivity index (χ0n) is 14.6. The second kappa shape index (κ2) is 7.54. The van der Waals surface area contributed by atoms with Crippen LogP contribution in [0.3, 0.4) is 0 Å². The number of hydrogen-bond donors (Lipinski definition) is 3. The number of ether oxygens (including phenoxy) is 1. The molecule has 3 N–H and O–H groups in total. The van der Waals surface area contributed by atoms with Crippen molar-refractivity contribution < 1.29 is 19.5 Å². The van der Waals surface area contributed by atoms with Gasteiger partial charge in [-0.15, -0.1) is 0 Å². The first-order valence-electron chi connectivity index (χ1n) is 9.44. The lowest BCUT2D eigenvalue weighted by Gasteiger charge is -2.43. The van der Waals surface area contributed by atoms with Crippen LogP contribution in [-0.4, -0.2) is 60.7 Å². The van der Waals surface area contributed by atoms with Crippen LogP contribution in [0, 0.1) is 5.92 Å². The number of benzene rings is 1. The van der Waals surface area contributed by atoms with E-state index in [2.05, 4.69) is 10.2 Å². The molecule has 2 fully saturated rings. The van der Waals surface area contributed by atoms with E-state index in [4.69, 9.17) is 9.39 Å². The first-order valence-corrected chi connectivity index (χ1v) is 9.44. The number of nitrogens with one attached hydrogen (secondary N) is 1. The summed E-state index contributed by atoms with van der Waals surface area (Å²) in [5.74, 6) is 2.06. The number of aryl methyl sites for hydroxylation is 1. The highest BCUT2D eigenvalue weighted by atomic mass is 16.5. The zero-order chi connectivity index (χ0) is 17.2. The highest BCUT2D eigenvalue weighted by Gasteiger charge is 2.34. The van der Waals surface area contributed by atoms with Gasteiger partial charge in [-0.3, -0.25) is 4.90 Å². The lowest BCUT2D eigenvalue weighted by atomic mass is 9.79. The number of rotatable bonds is 5. The molecule has 1 aromatic carbocycles. The maximum atomic E-state index is 10.4. The van der Waals surface area contributed by atoms with Gasteiger partial charge in [-0.05, 0) is 62.6 Å². The Bertz CT molecular complexity index is 590. The maximum Gasteiger partial charge on any atom is 0.522 e. The molecule has 6 nitrogen and oxygen atoms in total. The topological polar surface area (TPSA) is 74.2 Å². The fourth-order valence-corrected chi connectivity index (χ4v) is 3.96. The number of piperidine rings is 1. The minimum atomic E-state index is -0.716. The second-order valence-electron chi connectivity index (χ2n) is 7.50. The van der Waals surface area contributed by atoms with Crippen LogP contribution in [0.5, 0.6) is 11.5 Å². The van der Waals surface area contributed by atoms with Gasteiger partial charge in [-0.1, -0.05) is 6.07 Å². The average Bonchev–Trinajstić information content (AvgIpc) is 2.58. The van der Waals surface area contributed by atoms with Crippen LogP contribution in [0.4, 0.5) is 0 Å². The van der Waals surface area contributed by atoms with Crippen molar-refractivity contribution in [2.45, 2.75) is 44.3 Å². The van der Waals surface area contributed by atoms with E-state index in [1.165, 1.54) is 12.8 Å². The minimum absolute atomic E-state index is 0.102. The van der Waals surface area contributed by atoms with Crippen molar-refractivity contribution in [3.05, 3.63) is 23.8 Å². The fraction of sp³-hybridized carbons (Fsp3) is 0.667. The van der Waals surface area contributed by atoms with Gasteiger partial charge in [0.15, 0.2) is 0 Å². The summed E-state index contributed by atoms with van der Waals surface area (Å²) < 4.78 is 11.5. The standard InChI is InChI=1S/C18H27BN2O4/c22-18(8-13-2-1-7-20-10-13)21-11-16(12-21)24-15-4-3-14-5-6-19(23)25-17(14)9-15/h3-4,9,13,16,18,20,22-23H,1-2,5-8,10-12H2. The highest BCUT2D eigenvalue weighted by Crippen LogP contribution is 2.31. The molecular weight excluding hydrogens is 319 g/mol. The fourth-order valence-electron chi connectivity index (χ4n) is 3.96. The van der Waals surface area contributed by atoms with E-state index in [0.29, 0.717) is 12.2 Å². The van der Waals surface area contributed by atoms with E-state index < -0.39 is 7.12 Å². The molecule has 136 valence electrons. The third kappa shape index (κ3) is 4.11. The number of nitrogens with zero attached hydrogens (tertiary/aromatic N) is 1. The van der Waals surface area contributed by atoms with E-state index in [1.54, 1.807) is 0 Å². The van der Waals surface area contributed by atoms with Crippen LogP contribution in [-0.2, 0) is 6.42 Å². The van der Waals surface area contributed by atoms with Gasteiger partial charge in [0.25, 0.3) is 0 Å². The Morgan fingerprint density at radius 2 is 2.28 bits per heavy atom. The first kappa shape index (κ1) is 17.2. The molecule has 7 heteroatoms. The molecule has 3 heterocycles. The lowest BCUT2D eigenvalue weighted by molar-refractivity contribution is -0.0993. The van der Waals surface area contributed by atoms with Crippen LogP contribution in [0.1, 0.15) is 24.8 Å². The van der Waals surface area contributed by atoms with Gasteiger partial charge in [0, 0.05) is 19.2 Å². The molecule has 2 atom stereocenters. The summed E-state index contributed by atoms with van der Waals surface area (Å²) in [6.07, 6.45) is 4.45. The van der Waals surface area contributed by atoms with Crippen LogP contribution < -0.4 is 14.7 Å². The van der Waals surface area contributed by atoms with Gasteiger partial charge in [0.2, 0.25) is 0 Å². The van der Waals surface area contributed by atoms with Crippen molar-refractivity contribution in [2.75, 3.05) is 26.2 Å². The summed E-state index contributed by atoms with van der Waals surface area (Å²) in [4.78, 5) is 2.08. The highest BCUT2D eigenvalue weighted by molar-refractivity contribution is 6.44. The predicted molar refractivity (Wildman–Crippen MR) is 95.8 cm³/mol. The van der Waals surface area contributed by atoms with E-state index >= 15 is 0 Å². The van der Waals surface area contributed by atoms with Gasteiger partial charge in [0.05, 0.1) is 0 Å². The number of aliphatic hydroxyl groups is 1. The first-order chi connectivity index (χ1) is 12.2. The number of aliphatic hydroxyl groups excluding tert-OH is 1. The van der Waals surface area contributed by atoms with Crippen LogP contribution >= 0.6 is 0 Å². The van der Waals surface area contributed by atoms with E-state index in [0.717, 1.165) is 56.1 Å². The summed E-state index contributed by atoms with van der Waals surface area (Å²) in [6.45, 7) is 3.63. The Labute approximate surface area is 149 Å². The molecule has 0 radical (unpaired) electrons. The monoisotopic (exact) mass is 346 g/mol. The van der Waals surface area contributed by atoms with Crippen LogP contribution in [0.2, 0.25) is 6.32 Å². The van der Waals surface area contributed by atoms with Crippen molar-refractivity contribution >= 4 is 7.12 Å². The van der Waals surface area contributed by atoms with Gasteiger partial charge in [0.1, 0.15) is 23.8 Å². The van der Waals surface area contributed by atoms with E-state index in [9.17, 15) is 10.1 Å². The molecular formula is C18H27BN2O4. The Balaban J connectivity index is 1.25. The molecule has 3 aliphatic heterocycles. The molecule has 0 aromatic heterocycles. The predicted octanol–water partition coefficient (Wildman–Crippen LogP) is 0.873. The molecule has 4 rings (SSSR count). The van der Waals surface area contributed by atoms with Gasteiger partial charge in [-0.25, -0.2) is 0 Å². The number of hydrogen-bond acceptors (Lipinski definition) is 6. The molecule has 2 unspecified atom stereocenters. The van der Waals surface area contributed by atoms with Crippen molar-refractivity contribution in [3.8, 4) is 11.5 Å². The van der Waals surface area contributed by atoms with Gasteiger partial charge in [-0.2, -0.15) is 0 Å². The second-order valence-corrected chi connectivity index (χ2v) is 7.50. The maximum absolute atomic E-state index is 10.4. The van der Waals surface area contributed by atoms with E-state index in [-0.39, 0.29) is 12.3 Å². The normalized spacial score (nSPS) is 25.7. The summed E-state index contributed by atoms with van der Waals surface area (Å²) in [6, 6.07) is 5.84. The molecule has 3 aliphatic rings. The third-order valence-corrected chi connectivity index (χ3v) is 5.51. The molecule has 25 heavy (non-hydrogen) atoms. The summed E-state index contributed by atoms with van der Waals surface area (Å²) in [7, 11) is -0.716.